The van der Waals surface area contributed by atoms with Crippen molar-refractivity contribution < 1.29 is 9.59 Å². The van der Waals surface area contributed by atoms with Crippen LogP contribution in [0.2, 0.25) is 0 Å². The van der Waals surface area contributed by atoms with Crippen molar-refractivity contribution in [1.82, 2.24) is 18.9 Å². The van der Waals surface area contributed by atoms with Crippen LogP contribution >= 0.6 is 0 Å². The molecule has 3 rings (SSSR count). The van der Waals surface area contributed by atoms with Gasteiger partial charge in [0.1, 0.15) is 0 Å². The van der Waals surface area contributed by atoms with Gasteiger partial charge in [0.15, 0.2) is 0 Å². The van der Waals surface area contributed by atoms with Crippen molar-refractivity contribution in [3.05, 3.63) is 47.0 Å². The average Bonchev–Trinajstić information content (AvgIpc) is 3.12. The van der Waals surface area contributed by atoms with Gasteiger partial charge in [-0.2, -0.15) is 0 Å². The summed E-state index contributed by atoms with van der Waals surface area (Å²) in [5.41, 5.74) is 3.87. The molecule has 2 aromatic heterocycles. The quantitative estimate of drug-likeness (QED) is 0.849. The molecule has 3 heterocycles. The number of nitrogens with zero attached hydrogens (tertiary/aromatic N) is 4. The molecule has 6 heteroatoms. The highest BCUT2D eigenvalue weighted by Gasteiger charge is 2.26. The summed E-state index contributed by atoms with van der Waals surface area (Å²) >= 11 is 0. The minimum Gasteiger partial charge on any atom is -0.357 e. The Balaban J connectivity index is 1.58. The smallest absolute Gasteiger partial charge is 0.255 e. The standard InChI is InChI=1S/C19H26N4O2/c1-14-11-17(15(2)21(14)4)19(25)23-9-7-22(8-10-23)18(24)12-16-5-6-20(3)13-16/h5-6,11,13H,7-10,12H2,1-4H3. The SMILES string of the molecule is Cc1cc(C(=O)N2CCN(C(=O)Cc3ccn(C)c3)CC2)c(C)n1C. The molecule has 0 N–H and O–H groups in total. The lowest BCUT2D eigenvalue weighted by molar-refractivity contribution is -0.131. The van der Waals surface area contributed by atoms with Gasteiger partial charge in [-0.25, -0.2) is 0 Å². The highest BCUT2D eigenvalue weighted by atomic mass is 16.2. The normalized spacial score (nSPS) is 14.9. The second-order valence-corrected chi connectivity index (χ2v) is 6.88. The second kappa shape index (κ2) is 6.78. The van der Waals surface area contributed by atoms with Crippen LogP contribution in [0.3, 0.4) is 0 Å². The largest absolute Gasteiger partial charge is 0.357 e. The molecule has 0 atom stereocenters. The number of amides is 2. The zero-order chi connectivity index (χ0) is 18.1. The van der Waals surface area contributed by atoms with Crippen molar-refractivity contribution in [2.45, 2.75) is 20.3 Å². The fraction of sp³-hybridized carbons (Fsp3) is 0.474. The van der Waals surface area contributed by atoms with E-state index in [1.165, 1.54) is 0 Å². The van der Waals surface area contributed by atoms with E-state index in [0.29, 0.717) is 32.6 Å². The topological polar surface area (TPSA) is 50.5 Å². The van der Waals surface area contributed by atoms with Crippen LogP contribution in [0, 0.1) is 13.8 Å². The summed E-state index contributed by atoms with van der Waals surface area (Å²) in [7, 11) is 3.92. The van der Waals surface area contributed by atoms with Gasteiger partial charge in [-0.3, -0.25) is 9.59 Å². The lowest BCUT2D eigenvalue weighted by Crippen LogP contribution is -2.51. The maximum Gasteiger partial charge on any atom is 0.255 e. The van der Waals surface area contributed by atoms with Crippen molar-refractivity contribution in [3.8, 4) is 0 Å². The summed E-state index contributed by atoms with van der Waals surface area (Å²) in [5, 5.41) is 0. The average molecular weight is 342 g/mol. The first-order chi connectivity index (χ1) is 11.9. The van der Waals surface area contributed by atoms with Crippen LogP contribution in [0.25, 0.3) is 0 Å². The molecule has 0 unspecified atom stereocenters. The third-order valence-corrected chi connectivity index (χ3v) is 5.17. The first kappa shape index (κ1) is 17.3. The highest BCUT2D eigenvalue weighted by Crippen LogP contribution is 2.17. The summed E-state index contributed by atoms with van der Waals surface area (Å²) in [6.45, 7) is 6.36. The van der Waals surface area contributed by atoms with Gasteiger partial charge in [-0.1, -0.05) is 0 Å². The van der Waals surface area contributed by atoms with E-state index in [0.717, 1.165) is 22.5 Å². The van der Waals surface area contributed by atoms with Gasteiger partial charge >= 0.3 is 0 Å². The van der Waals surface area contributed by atoms with Gasteiger partial charge in [-0.05, 0) is 31.5 Å². The van der Waals surface area contributed by atoms with E-state index < -0.39 is 0 Å². The predicted molar refractivity (Wildman–Crippen MR) is 96.5 cm³/mol. The number of aryl methyl sites for hydroxylation is 2. The molecule has 0 aromatic carbocycles. The fourth-order valence-corrected chi connectivity index (χ4v) is 3.35. The van der Waals surface area contributed by atoms with Gasteiger partial charge in [0, 0.05) is 64.1 Å². The maximum atomic E-state index is 12.8. The molecule has 6 nitrogen and oxygen atoms in total. The van der Waals surface area contributed by atoms with Gasteiger partial charge < -0.3 is 18.9 Å². The monoisotopic (exact) mass is 342 g/mol. The molecule has 2 amide bonds. The zero-order valence-corrected chi connectivity index (χ0v) is 15.5. The van der Waals surface area contributed by atoms with Crippen LogP contribution in [0.1, 0.15) is 27.3 Å². The predicted octanol–water partition coefficient (Wildman–Crippen LogP) is 1.51. The number of carbonyl (C=O) groups excluding carboxylic acids is 2. The number of rotatable bonds is 3. The molecule has 2 aromatic rings. The minimum atomic E-state index is 0.0661. The molecule has 1 fully saturated rings. The fourth-order valence-electron chi connectivity index (χ4n) is 3.35. The summed E-state index contributed by atoms with van der Waals surface area (Å²) in [6.07, 6.45) is 4.34. The van der Waals surface area contributed by atoms with Crippen LogP contribution in [0.5, 0.6) is 0 Å². The molecule has 1 aliphatic heterocycles. The molecule has 0 bridgehead atoms. The van der Waals surface area contributed by atoms with Crippen molar-refractivity contribution >= 4 is 11.8 Å². The van der Waals surface area contributed by atoms with Gasteiger partial charge in [0.05, 0.1) is 12.0 Å². The van der Waals surface area contributed by atoms with Gasteiger partial charge in [0.2, 0.25) is 5.91 Å². The van der Waals surface area contributed by atoms with E-state index in [-0.39, 0.29) is 11.8 Å². The van der Waals surface area contributed by atoms with E-state index in [4.69, 9.17) is 0 Å². The third kappa shape index (κ3) is 3.48. The Bertz CT molecular complexity index is 794. The third-order valence-electron chi connectivity index (χ3n) is 5.17. The van der Waals surface area contributed by atoms with Crippen molar-refractivity contribution in [3.63, 3.8) is 0 Å². The number of hydrogen-bond acceptors (Lipinski definition) is 2. The molecule has 0 saturated carbocycles. The number of aromatic nitrogens is 2. The van der Waals surface area contributed by atoms with E-state index in [1.807, 2.05) is 71.4 Å². The van der Waals surface area contributed by atoms with E-state index in [2.05, 4.69) is 0 Å². The maximum absolute atomic E-state index is 12.8. The van der Waals surface area contributed by atoms with E-state index >= 15 is 0 Å². The Kier molecular flexibility index (Phi) is 4.70. The van der Waals surface area contributed by atoms with Gasteiger partial charge in [0.25, 0.3) is 5.91 Å². The highest BCUT2D eigenvalue weighted by molar-refractivity contribution is 5.96. The number of piperazine rings is 1. The molecule has 134 valence electrons. The first-order valence-electron chi connectivity index (χ1n) is 8.67. The van der Waals surface area contributed by atoms with Crippen LogP contribution in [0.15, 0.2) is 24.5 Å². The Hall–Kier alpha value is -2.50. The van der Waals surface area contributed by atoms with Crippen LogP contribution in [0.4, 0.5) is 0 Å². The molecule has 0 aliphatic carbocycles. The summed E-state index contributed by atoms with van der Waals surface area (Å²) < 4.78 is 3.98. The second-order valence-electron chi connectivity index (χ2n) is 6.88. The molecule has 25 heavy (non-hydrogen) atoms. The van der Waals surface area contributed by atoms with Gasteiger partial charge in [-0.15, -0.1) is 0 Å². The number of hydrogen-bond donors (Lipinski definition) is 0. The summed E-state index contributed by atoms with van der Waals surface area (Å²) in [6, 6.07) is 3.92. The Morgan fingerprint density at radius 3 is 2.20 bits per heavy atom. The van der Waals surface area contributed by atoms with Crippen LogP contribution in [-0.2, 0) is 25.3 Å². The van der Waals surface area contributed by atoms with Crippen LogP contribution < -0.4 is 0 Å². The Morgan fingerprint density at radius 1 is 1.04 bits per heavy atom. The van der Waals surface area contributed by atoms with Crippen molar-refractivity contribution in [2.24, 2.45) is 14.1 Å². The summed E-state index contributed by atoms with van der Waals surface area (Å²) in [5.74, 6) is 0.196. The molecular formula is C19H26N4O2. The van der Waals surface area contributed by atoms with Crippen LogP contribution in [-0.4, -0.2) is 56.9 Å². The Morgan fingerprint density at radius 2 is 1.68 bits per heavy atom. The first-order valence-corrected chi connectivity index (χ1v) is 8.67. The lowest BCUT2D eigenvalue weighted by Gasteiger charge is -2.34. The summed E-state index contributed by atoms with van der Waals surface area (Å²) in [4.78, 5) is 28.9. The Labute approximate surface area is 148 Å². The van der Waals surface area contributed by atoms with E-state index in [9.17, 15) is 9.59 Å². The molecule has 1 saturated heterocycles. The molecule has 0 spiro atoms. The minimum absolute atomic E-state index is 0.0661. The zero-order valence-electron chi connectivity index (χ0n) is 15.5. The van der Waals surface area contributed by atoms with Crippen molar-refractivity contribution in [1.29, 1.82) is 0 Å². The van der Waals surface area contributed by atoms with E-state index in [1.54, 1.807) is 0 Å². The van der Waals surface area contributed by atoms with Crippen molar-refractivity contribution in [2.75, 3.05) is 26.2 Å². The molecule has 0 radical (unpaired) electrons. The molecule has 1 aliphatic rings. The molecular weight excluding hydrogens is 316 g/mol. The number of carbonyl (C=O) groups is 2. The lowest BCUT2D eigenvalue weighted by atomic mass is 10.1.